The van der Waals surface area contributed by atoms with Gasteiger partial charge < -0.3 is 14.0 Å². The van der Waals surface area contributed by atoms with E-state index in [-0.39, 0.29) is 6.09 Å². The molecule has 24 heavy (non-hydrogen) atoms. The Morgan fingerprint density at radius 3 is 2.38 bits per heavy atom. The molecule has 7 nitrogen and oxygen atoms in total. The first-order chi connectivity index (χ1) is 10.9. The zero-order chi connectivity index (χ0) is 17.9. The molecule has 1 saturated heterocycles. The smallest absolute Gasteiger partial charge is 0.443 e. The molecule has 1 N–H and O–H groups in total. The predicted molar refractivity (Wildman–Crippen MR) is 91.6 cm³/mol. The Morgan fingerprint density at radius 1 is 1.25 bits per heavy atom. The molecule has 0 unspecified atom stereocenters. The summed E-state index contributed by atoms with van der Waals surface area (Å²) < 4.78 is 17.6. The van der Waals surface area contributed by atoms with E-state index in [9.17, 15) is 4.79 Å². The van der Waals surface area contributed by atoms with E-state index in [2.05, 4.69) is 10.2 Å². The molecule has 0 aromatic carbocycles. The van der Waals surface area contributed by atoms with Crippen LogP contribution >= 0.6 is 0 Å². The first-order valence-electron chi connectivity index (χ1n) is 8.34. The van der Waals surface area contributed by atoms with E-state index in [1.165, 1.54) is 0 Å². The van der Waals surface area contributed by atoms with Crippen molar-refractivity contribution >= 4 is 24.6 Å². The fourth-order valence-corrected chi connectivity index (χ4v) is 2.82. The minimum atomic E-state index is -0.537. The number of anilines is 1. The summed E-state index contributed by atoms with van der Waals surface area (Å²) >= 11 is 0. The Hall–Kier alpha value is -1.54. The van der Waals surface area contributed by atoms with Crippen molar-refractivity contribution in [2.45, 2.75) is 71.7 Å². The molecule has 0 bridgehead atoms. The van der Waals surface area contributed by atoms with Crippen LogP contribution in [0.5, 0.6) is 0 Å². The molecule has 1 amide bonds. The van der Waals surface area contributed by atoms with Crippen molar-refractivity contribution in [2.24, 2.45) is 0 Å². The maximum absolute atomic E-state index is 12.3. The number of fused-ring (bicyclic) bond motifs is 1. The van der Waals surface area contributed by atoms with Crippen LogP contribution in [0.2, 0.25) is 0 Å². The molecule has 0 spiro atoms. The Balaban J connectivity index is 1.82. The number of nitrogens with one attached hydrogen (secondary N) is 1. The number of hydrogen-bond acceptors (Lipinski definition) is 5. The molecule has 3 heterocycles. The first-order valence-corrected chi connectivity index (χ1v) is 8.34. The second kappa shape index (κ2) is 5.23. The standard InChI is InChI=1S/C16H26BN3O4/c1-14(2,3)22-13(21)20-9-8-10-11(18-19-12(10)20)17-23-15(4,5)16(6,7)24-17/h8-9H2,1-7H3,(H,18,19). The van der Waals surface area contributed by atoms with Gasteiger partial charge in [-0.15, -0.1) is 0 Å². The summed E-state index contributed by atoms with van der Waals surface area (Å²) in [6, 6.07) is 0. The highest BCUT2D eigenvalue weighted by molar-refractivity contribution is 6.62. The van der Waals surface area contributed by atoms with E-state index in [4.69, 9.17) is 14.0 Å². The highest BCUT2D eigenvalue weighted by Gasteiger charge is 2.53. The summed E-state index contributed by atoms with van der Waals surface area (Å²) in [5.41, 5.74) is 0.372. The number of amides is 1. The second-order valence-corrected chi connectivity index (χ2v) is 8.41. The molecule has 132 valence electrons. The van der Waals surface area contributed by atoms with Crippen LogP contribution in [0.3, 0.4) is 0 Å². The summed E-state index contributed by atoms with van der Waals surface area (Å²) in [5.74, 6) is 0.606. The SMILES string of the molecule is CC(C)(C)OC(=O)N1CCc2c1n[nH]c2B1OC(C)(C)C(C)(C)O1. The number of carbonyl (C=O) groups is 1. The second-order valence-electron chi connectivity index (χ2n) is 8.41. The molecule has 1 fully saturated rings. The van der Waals surface area contributed by atoms with E-state index in [1.807, 2.05) is 48.5 Å². The van der Waals surface area contributed by atoms with Gasteiger partial charge in [0.1, 0.15) is 5.60 Å². The number of ether oxygens (including phenoxy) is 1. The quantitative estimate of drug-likeness (QED) is 0.795. The van der Waals surface area contributed by atoms with E-state index in [1.54, 1.807) is 4.90 Å². The molecule has 2 aliphatic rings. The lowest BCUT2D eigenvalue weighted by atomic mass is 9.81. The van der Waals surface area contributed by atoms with Crippen LogP contribution in [-0.4, -0.2) is 46.8 Å². The van der Waals surface area contributed by atoms with Crippen molar-refractivity contribution in [1.82, 2.24) is 10.2 Å². The van der Waals surface area contributed by atoms with Crippen LogP contribution < -0.4 is 10.5 Å². The number of H-pyrrole nitrogens is 1. The minimum Gasteiger partial charge on any atom is -0.443 e. The Kier molecular flexibility index (Phi) is 3.77. The topological polar surface area (TPSA) is 76.7 Å². The summed E-state index contributed by atoms with van der Waals surface area (Å²) in [5, 5.41) is 7.30. The first kappa shape index (κ1) is 17.3. The van der Waals surface area contributed by atoms with Gasteiger partial charge in [0.05, 0.1) is 16.8 Å². The van der Waals surface area contributed by atoms with Crippen LogP contribution in [0.4, 0.5) is 10.6 Å². The third kappa shape index (κ3) is 2.82. The zero-order valence-corrected chi connectivity index (χ0v) is 15.5. The van der Waals surface area contributed by atoms with Crippen LogP contribution in [0.15, 0.2) is 0 Å². The van der Waals surface area contributed by atoms with E-state index >= 15 is 0 Å². The fourth-order valence-electron chi connectivity index (χ4n) is 2.82. The van der Waals surface area contributed by atoms with Gasteiger partial charge >= 0.3 is 13.2 Å². The molecule has 8 heteroatoms. The number of nitrogens with zero attached hydrogens (tertiary/aromatic N) is 2. The van der Waals surface area contributed by atoms with Crippen molar-refractivity contribution in [3.05, 3.63) is 5.56 Å². The lowest BCUT2D eigenvalue weighted by molar-refractivity contribution is 0.00578. The number of hydrogen-bond donors (Lipinski definition) is 1. The fraction of sp³-hybridized carbons (Fsp3) is 0.750. The summed E-state index contributed by atoms with van der Waals surface area (Å²) in [6.07, 6.45) is 0.318. The normalized spacial score (nSPS) is 22.0. The van der Waals surface area contributed by atoms with Gasteiger partial charge in [0.25, 0.3) is 0 Å². The van der Waals surface area contributed by atoms with Crippen molar-refractivity contribution in [3.63, 3.8) is 0 Å². The highest BCUT2D eigenvalue weighted by Crippen LogP contribution is 2.37. The van der Waals surface area contributed by atoms with Crippen molar-refractivity contribution < 1.29 is 18.8 Å². The average Bonchev–Trinajstić information content (AvgIpc) is 2.99. The van der Waals surface area contributed by atoms with Gasteiger partial charge in [-0.1, -0.05) is 0 Å². The Labute approximate surface area is 143 Å². The van der Waals surface area contributed by atoms with Gasteiger partial charge in [0.15, 0.2) is 5.82 Å². The molecule has 2 aliphatic heterocycles. The predicted octanol–water partition coefficient (Wildman–Crippen LogP) is 2.01. The number of rotatable bonds is 1. The van der Waals surface area contributed by atoms with Crippen molar-refractivity contribution in [3.8, 4) is 0 Å². The molecule has 3 rings (SSSR count). The van der Waals surface area contributed by atoms with Gasteiger partial charge in [-0.3, -0.25) is 10.00 Å². The average molecular weight is 335 g/mol. The van der Waals surface area contributed by atoms with E-state index in [0.717, 1.165) is 11.2 Å². The van der Waals surface area contributed by atoms with Crippen LogP contribution in [-0.2, 0) is 20.5 Å². The molecule has 0 radical (unpaired) electrons. The summed E-state index contributed by atoms with van der Waals surface area (Å²) in [7, 11) is -0.509. The van der Waals surface area contributed by atoms with Crippen LogP contribution in [0.1, 0.15) is 54.0 Å². The van der Waals surface area contributed by atoms with Crippen molar-refractivity contribution in [1.29, 1.82) is 0 Å². The molecule has 0 aliphatic carbocycles. The number of aromatic nitrogens is 2. The molecular weight excluding hydrogens is 309 g/mol. The Bertz CT molecular complexity index is 647. The highest BCUT2D eigenvalue weighted by atomic mass is 16.7. The molecule has 1 aromatic heterocycles. The van der Waals surface area contributed by atoms with Gasteiger partial charge in [0.2, 0.25) is 0 Å². The van der Waals surface area contributed by atoms with E-state index < -0.39 is 23.9 Å². The van der Waals surface area contributed by atoms with Crippen molar-refractivity contribution in [2.75, 3.05) is 11.4 Å². The number of carbonyl (C=O) groups excluding carboxylic acids is 1. The largest absolute Gasteiger partial charge is 0.514 e. The van der Waals surface area contributed by atoms with Crippen LogP contribution in [0, 0.1) is 0 Å². The van der Waals surface area contributed by atoms with Gasteiger partial charge in [-0.2, -0.15) is 5.10 Å². The molecule has 0 atom stereocenters. The molecule has 1 aromatic rings. The monoisotopic (exact) mass is 335 g/mol. The lowest BCUT2D eigenvalue weighted by Crippen LogP contribution is -2.41. The van der Waals surface area contributed by atoms with Gasteiger partial charge in [-0.05, 0) is 54.9 Å². The Morgan fingerprint density at radius 2 is 1.83 bits per heavy atom. The lowest BCUT2D eigenvalue weighted by Gasteiger charge is -2.32. The maximum Gasteiger partial charge on any atom is 0.514 e. The molecular formula is C16H26BN3O4. The van der Waals surface area contributed by atoms with Crippen LogP contribution in [0.25, 0.3) is 0 Å². The minimum absolute atomic E-state index is 0.381. The zero-order valence-electron chi connectivity index (χ0n) is 15.5. The van der Waals surface area contributed by atoms with E-state index in [0.29, 0.717) is 18.8 Å². The number of aromatic amines is 1. The summed E-state index contributed by atoms with van der Waals surface area (Å²) in [4.78, 5) is 13.9. The van der Waals surface area contributed by atoms with Gasteiger partial charge in [0, 0.05) is 12.1 Å². The third-order valence-corrected chi connectivity index (χ3v) is 4.82. The van der Waals surface area contributed by atoms with Gasteiger partial charge in [-0.25, -0.2) is 4.79 Å². The third-order valence-electron chi connectivity index (χ3n) is 4.82. The molecule has 0 saturated carbocycles. The maximum atomic E-state index is 12.3. The summed E-state index contributed by atoms with van der Waals surface area (Å²) in [6.45, 7) is 14.1.